The molecule has 0 aliphatic carbocycles. The van der Waals surface area contributed by atoms with Crippen molar-refractivity contribution in [3.63, 3.8) is 0 Å². The van der Waals surface area contributed by atoms with Gasteiger partial charge in [-0.25, -0.2) is 0 Å². The lowest BCUT2D eigenvalue weighted by Gasteiger charge is -2.18. The summed E-state index contributed by atoms with van der Waals surface area (Å²) in [7, 11) is 0. The van der Waals surface area contributed by atoms with E-state index in [9.17, 15) is 14.4 Å². The van der Waals surface area contributed by atoms with Gasteiger partial charge in [0.05, 0.1) is 0 Å². The third kappa shape index (κ3) is 49.7. The average Bonchev–Trinajstić information content (AvgIpc) is 3.25. The minimum absolute atomic E-state index is 0.0641. The molecule has 374 valence electrons. The van der Waals surface area contributed by atoms with Crippen LogP contribution in [0, 0.1) is 17.8 Å². The zero-order chi connectivity index (χ0) is 46.3. The number of esters is 3. The summed E-state index contributed by atoms with van der Waals surface area (Å²) in [5.74, 6) is 1.69. The van der Waals surface area contributed by atoms with E-state index in [4.69, 9.17) is 14.2 Å². The number of carbonyl (C=O) groups excluding carboxylic acids is 3. The van der Waals surface area contributed by atoms with Crippen LogP contribution in [0.2, 0.25) is 0 Å². The van der Waals surface area contributed by atoms with Crippen LogP contribution < -0.4 is 0 Å². The highest BCUT2D eigenvalue weighted by molar-refractivity contribution is 5.71. The molecule has 2 atom stereocenters. The molecule has 6 heteroatoms. The lowest BCUT2D eigenvalue weighted by atomic mass is 9.99. The molecule has 0 radical (unpaired) electrons. The fourth-order valence-electron chi connectivity index (χ4n) is 8.61. The van der Waals surface area contributed by atoms with Gasteiger partial charge in [-0.3, -0.25) is 14.4 Å². The summed E-state index contributed by atoms with van der Waals surface area (Å²) in [4.78, 5) is 38.1. The average molecular weight is 892 g/mol. The van der Waals surface area contributed by atoms with Crippen molar-refractivity contribution >= 4 is 17.9 Å². The van der Waals surface area contributed by atoms with Crippen molar-refractivity contribution in [2.75, 3.05) is 13.2 Å². The summed E-state index contributed by atoms with van der Waals surface area (Å²) in [6.07, 6.45) is 49.4. The van der Waals surface area contributed by atoms with Crippen LogP contribution in [0.4, 0.5) is 0 Å². The number of ether oxygens (including phenoxy) is 3. The van der Waals surface area contributed by atoms with Crippen molar-refractivity contribution in [2.24, 2.45) is 17.8 Å². The van der Waals surface area contributed by atoms with Gasteiger partial charge in [-0.15, -0.1) is 0 Å². The third-order valence-electron chi connectivity index (χ3n) is 13.3. The minimum atomic E-state index is -0.763. The molecule has 0 aromatic carbocycles. The minimum Gasteiger partial charge on any atom is -0.462 e. The van der Waals surface area contributed by atoms with Crippen molar-refractivity contribution in [3.8, 4) is 0 Å². The summed E-state index contributed by atoms with van der Waals surface area (Å²) in [5, 5.41) is 0. The van der Waals surface area contributed by atoms with Crippen molar-refractivity contribution in [3.05, 3.63) is 0 Å². The van der Waals surface area contributed by atoms with Crippen LogP contribution in [0.15, 0.2) is 0 Å². The lowest BCUT2D eigenvalue weighted by Crippen LogP contribution is -2.30. The summed E-state index contributed by atoms with van der Waals surface area (Å²) in [5.41, 5.74) is 0. The Morgan fingerprint density at radius 1 is 0.317 bits per heavy atom. The van der Waals surface area contributed by atoms with E-state index in [-0.39, 0.29) is 31.1 Å². The van der Waals surface area contributed by atoms with Crippen molar-refractivity contribution in [1.29, 1.82) is 0 Å². The molecule has 0 saturated carbocycles. The molecule has 0 spiro atoms. The van der Waals surface area contributed by atoms with Crippen molar-refractivity contribution in [2.45, 2.75) is 317 Å². The van der Waals surface area contributed by atoms with Crippen LogP contribution in [0.3, 0.4) is 0 Å². The van der Waals surface area contributed by atoms with Gasteiger partial charge in [0.25, 0.3) is 0 Å². The van der Waals surface area contributed by atoms with E-state index in [2.05, 4.69) is 41.5 Å². The maximum Gasteiger partial charge on any atom is 0.306 e. The summed E-state index contributed by atoms with van der Waals surface area (Å²) >= 11 is 0. The highest BCUT2D eigenvalue weighted by Gasteiger charge is 2.19. The van der Waals surface area contributed by atoms with Gasteiger partial charge in [-0.2, -0.15) is 0 Å². The van der Waals surface area contributed by atoms with Crippen LogP contribution >= 0.6 is 0 Å². The Morgan fingerprint density at radius 2 is 0.556 bits per heavy atom. The van der Waals surface area contributed by atoms with Gasteiger partial charge in [-0.1, -0.05) is 273 Å². The molecule has 0 aromatic rings. The van der Waals surface area contributed by atoms with Gasteiger partial charge in [0.1, 0.15) is 13.2 Å². The summed E-state index contributed by atoms with van der Waals surface area (Å²) in [6, 6.07) is 0. The number of rotatable bonds is 50. The smallest absolute Gasteiger partial charge is 0.306 e. The van der Waals surface area contributed by atoms with Gasteiger partial charge in [0.15, 0.2) is 6.10 Å². The monoisotopic (exact) mass is 891 g/mol. The molecular formula is C57H110O6. The third-order valence-corrected chi connectivity index (χ3v) is 13.3. The molecule has 0 heterocycles. The predicted octanol–water partition coefficient (Wildman–Crippen LogP) is 18.3. The van der Waals surface area contributed by atoms with Crippen LogP contribution in [0.5, 0.6) is 0 Å². The molecule has 0 saturated heterocycles. The van der Waals surface area contributed by atoms with E-state index >= 15 is 0 Å². The second kappa shape index (κ2) is 48.3. The second-order valence-corrected chi connectivity index (χ2v) is 20.8. The molecule has 6 nitrogen and oxygen atoms in total. The van der Waals surface area contributed by atoms with Crippen LogP contribution in [0.1, 0.15) is 311 Å². The SMILES string of the molecule is CCC(C)CCCCCCCCCCCCCCCCC(=O)O[C@@H](COC(=O)CCCCCCCCCCCCCC(C)C)COC(=O)CCCCCCCCCCCCC(C)C. The van der Waals surface area contributed by atoms with E-state index in [1.165, 1.54) is 193 Å². The topological polar surface area (TPSA) is 78.9 Å². The predicted molar refractivity (Wildman–Crippen MR) is 270 cm³/mol. The molecule has 0 aliphatic heterocycles. The standard InChI is InChI=1S/C57H110O6/c1-7-53(6)45-39-33-27-21-14-10-8-9-11-15-24-30-36-42-48-57(60)63-54(50-62-56(59)47-41-35-29-23-18-17-20-26-32-38-44-52(4)5)49-61-55(58)46-40-34-28-22-16-12-13-19-25-31-37-43-51(2)3/h51-54H,7-50H2,1-6H3/t53?,54-/m0/s1. The summed E-state index contributed by atoms with van der Waals surface area (Å²) in [6.45, 7) is 13.8. The van der Waals surface area contributed by atoms with Crippen molar-refractivity contribution in [1.82, 2.24) is 0 Å². The molecule has 0 aliphatic rings. The number of hydrogen-bond acceptors (Lipinski definition) is 6. The largest absolute Gasteiger partial charge is 0.462 e. The van der Waals surface area contributed by atoms with Gasteiger partial charge in [0.2, 0.25) is 0 Å². The lowest BCUT2D eigenvalue weighted by molar-refractivity contribution is -0.167. The maximum atomic E-state index is 12.8. The first-order valence-corrected chi connectivity index (χ1v) is 28.1. The summed E-state index contributed by atoms with van der Waals surface area (Å²) < 4.78 is 16.9. The molecule has 0 bridgehead atoms. The van der Waals surface area contributed by atoms with Gasteiger partial charge in [-0.05, 0) is 37.0 Å². The van der Waals surface area contributed by atoms with Crippen LogP contribution in [-0.4, -0.2) is 37.2 Å². The van der Waals surface area contributed by atoms with Crippen molar-refractivity contribution < 1.29 is 28.6 Å². The van der Waals surface area contributed by atoms with E-state index in [0.29, 0.717) is 19.3 Å². The first kappa shape index (κ1) is 61.4. The Labute approximate surface area is 393 Å². The van der Waals surface area contributed by atoms with Crippen LogP contribution in [-0.2, 0) is 28.6 Å². The van der Waals surface area contributed by atoms with E-state index < -0.39 is 6.10 Å². The Morgan fingerprint density at radius 3 is 0.825 bits per heavy atom. The molecule has 0 N–H and O–H groups in total. The molecule has 0 rings (SSSR count). The van der Waals surface area contributed by atoms with E-state index in [1.807, 2.05) is 0 Å². The molecule has 0 fully saturated rings. The molecule has 1 unspecified atom stereocenters. The van der Waals surface area contributed by atoms with Gasteiger partial charge in [0, 0.05) is 19.3 Å². The number of hydrogen-bond donors (Lipinski definition) is 0. The Kier molecular flexibility index (Phi) is 47.1. The fourth-order valence-corrected chi connectivity index (χ4v) is 8.61. The first-order chi connectivity index (χ1) is 30.6. The normalized spacial score (nSPS) is 12.6. The van der Waals surface area contributed by atoms with Gasteiger partial charge >= 0.3 is 17.9 Å². The highest BCUT2D eigenvalue weighted by Crippen LogP contribution is 2.19. The number of unbranched alkanes of at least 4 members (excludes halogenated alkanes) is 32. The fraction of sp³-hybridized carbons (Fsp3) is 0.947. The van der Waals surface area contributed by atoms with E-state index in [1.54, 1.807) is 0 Å². The first-order valence-electron chi connectivity index (χ1n) is 28.1. The zero-order valence-electron chi connectivity index (χ0n) is 43.4. The van der Waals surface area contributed by atoms with E-state index in [0.717, 1.165) is 75.5 Å². The van der Waals surface area contributed by atoms with Crippen LogP contribution in [0.25, 0.3) is 0 Å². The second-order valence-electron chi connectivity index (χ2n) is 20.8. The highest BCUT2D eigenvalue weighted by atomic mass is 16.6. The quantitative estimate of drug-likeness (QED) is 0.0344. The Bertz CT molecular complexity index is 978. The molecule has 0 aromatic heterocycles. The number of carbonyl (C=O) groups is 3. The zero-order valence-corrected chi connectivity index (χ0v) is 43.4. The van der Waals surface area contributed by atoms with Gasteiger partial charge < -0.3 is 14.2 Å². The maximum absolute atomic E-state index is 12.8. The Balaban J connectivity index is 4.31. The molecule has 63 heavy (non-hydrogen) atoms. The molecule has 0 amide bonds. The molecular weight excluding hydrogens is 781 g/mol. The Hall–Kier alpha value is -1.59.